The molecule has 6 rings (SSSR count). The number of carboxylic acid groups (broad SMARTS) is 1. The second kappa shape index (κ2) is 9.93. The fourth-order valence-corrected chi connectivity index (χ4v) is 7.39. The number of nitrogens with one attached hydrogen (secondary N) is 2. The molecule has 16 heteroatoms. The Bertz CT molecular complexity index is 1460. The predicted octanol–water partition coefficient (Wildman–Crippen LogP) is 3.17. The first-order chi connectivity index (χ1) is 18.0. The SMILES string of the molecule is CC1(NS(=O)(=O)c2cc(N3CC4(CCNCC4)C3)c3c(Cl)nc(-c4nnc(C(F)F)s4)n3c2)CC1.O=CO. The zero-order chi connectivity index (χ0) is 27.3. The third-order valence-electron chi connectivity index (χ3n) is 7.21. The molecule has 3 aliphatic rings. The maximum atomic E-state index is 13.3. The van der Waals surface area contributed by atoms with Crippen LogP contribution in [0.5, 0.6) is 0 Å². The molecule has 5 heterocycles. The number of aromatic nitrogens is 4. The molecule has 1 spiro atoms. The summed E-state index contributed by atoms with van der Waals surface area (Å²) in [5.41, 5.74) is 0.915. The van der Waals surface area contributed by atoms with Crippen molar-refractivity contribution >= 4 is 50.6 Å². The number of hydrogen-bond donors (Lipinski definition) is 3. The molecule has 3 fully saturated rings. The molecular weight excluding hydrogens is 564 g/mol. The molecule has 38 heavy (non-hydrogen) atoms. The second-order valence-electron chi connectivity index (χ2n) is 10.1. The Balaban J connectivity index is 0.000000937. The Morgan fingerprint density at radius 2 is 1.89 bits per heavy atom. The van der Waals surface area contributed by atoms with Crippen molar-refractivity contribution < 1.29 is 27.1 Å². The van der Waals surface area contributed by atoms with E-state index < -0.39 is 27.0 Å². The molecule has 3 N–H and O–H groups in total. The standard InChI is InChI=1S/C21H24ClF2N7O2S2.CH2O2/c1-20(2-3-20)29-35(32,33)12-8-13(30-10-21(11-30)4-6-25-7-5-21)14-15(22)26-17(31(14)9-12)19-28-27-18(34-19)16(23)24;2-1-3/h8-9,16,25,29H,2-7,10-11H2,1H3;1H,(H,2,3). The number of sulfonamides is 1. The Hall–Kier alpha value is -2.46. The van der Waals surface area contributed by atoms with Crippen LogP contribution in [0.4, 0.5) is 14.5 Å². The molecule has 1 aliphatic carbocycles. The lowest BCUT2D eigenvalue weighted by molar-refractivity contribution is -0.122. The average molecular weight is 590 g/mol. The minimum atomic E-state index is -3.85. The molecule has 0 unspecified atom stereocenters. The van der Waals surface area contributed by atoms with Crippen molar-refractivity contribution in [2.75, 3.05) is 31.1 Å². The summed E-state index contributed by atoms with van der Waals surface area (Å²) in [6.45, 7) is 5.10. The number of pyridine rings is 1. The van der Waals surface area contributed by atoms with Gasteiger partial charge in [-0.3, -0.25) is 9.20 Å². The van der Waals surface area contributed by atoms with Crippen LogP contribution in [0.25, 0.3) is 16.3 Å². The molecule has 0 bridgehead atoms. The van der Waals surface area contributed by atoms with Crippen molar-refractivity contribution in [2.45, 2.75) is 49.5 Å². The lowest BCUT2D eigenvalue weighted by Gasteiger charge is -2.53. The van der Waals surface area contributed by atoms with Gasteiger partial charge < -0.3 is 15.3 Å². The lowest BCUT2D eigenvalue weighted by atomic mass is 9.72. The first-order valence-electron chi connectivity index (χ1n) is 11.9. The van der Waals surface area contributed by atoms with E-state index in [2.05, 4.69) is 30.1 Å². The number of rotatable bonds is 6. The molecule has 2 saturated heterocycles. The van der Waals surface area contributed by atoms with E-state index in [1.165, 1.54) is 6.20 Å². The van der Waals surface area contributed by atoms with Crippen LogP contribution >= 0.6 is 22.9 Å². The predicted molar refractivity (Wildman–Crippen MR) is 137 cm³/mol. The number of alkyl halides is 2. The van der Waals surface area contributed by atoms with Crippen LogP contribution in [-0.4, -0.2) is 71.3 Å². The van der Waals surface area contributed by atoms with Gasteiger partial charge in [0.15, 0.2) is 21.0 Å². The smallest absolute Gasteiger partial charge is 0.291 e. The summed E-state index contributed by atoms with van der Waals surface area (Å²) < 4.78 is 57.3. The van der Waals surface area contributed by atoms with E-state index in [0.29, 0.717) is 22.5 Å². The highest BCUT2D eigenvalue weighted by Crippen LogP contribution is 2.45. The van der Waals surface area contributed by atoms with Crippen molar-refractivity contribution in [3.63, 3.8) is 0 Å². The first-order valence-corrected chi connectivity index (χ1v) is 14.6. The molecule has 0 aromatic carbocycles. The normalized spacial score (nSPS) is 19.8. The van der Waals surface area contributed by atoms with Gasteiger partial charge in [-0.2, -0.15) is 0 Å². The third kappa shape index (κ3) is 5.09. The van der Waals surface area contributed by atoms with E-state index in [9.17, 15) is 17.2 Å². The van der Waals surface area contributed by atoms with Crippen LogP contribution in [-0.2, 0) is 14.8 Å². The largest absolute Gasteiger partial charge is 0.483 e. The van der Waals surface area contributed by atoms with Crippen molar-refractivity contribution in [2.24, 2.45) is 5.41 Å². The van der Waals surface area contributed by atoms with Crippen molar-refractivity contribution in [3.05, 3.63) is 22.4 Å². The van der Waals surface area contributed by atoms with Crippen molar-refractivity contribution in [3.8, 4) is 10.8 Å². The van der Waals surface area contributed by atoms with Crippen LogP contribution in [0.1, 0.15) is 44.0 Å². The van der Waals surface area contributed by atoms with E-state index in [4.69, 9.17) is 21.5 Å². The van der Waals surface area contributed by atoms with Crippen molar-refractivity contribution in [1.82, 2.24) is 29.6 Å². The van der Waals surface area contributed by atoms with Crippen LogP contribution in [0.15, 0.2) is 17.2 Å². The molecule has 1 saturated carbocycles. The van der Waals surface area contributed by atoms with E-state index in [0.717, 1.165) is 51.9 Å². The molecule has 2 aliphatic heterocycles. The minimum Gasteiger partial charge on any atom is -0.483 e. The van der Waals surface area contributed by atoms with Gasteiger partial charge in [-0.1, -0.05) is 22.9 Å². The van der Waals surface area contributed by atoms with E-state index in [-0.39, 0.29) is 32.8 Å². The highest BCUT2D eigenvalue weighted by molar-refractivity contribution is 7.89. The molecule has 11 nitrogen and oxygen atoms in total. The fraction of sp³-hybridized carbons (Fsp3) is 0.545. The molecule has 3 aromatic heterocycles. The lowest BCUT2D eigenvalue weighted by Crippen LogP contribution is -2.60. The van der Waals surface area contributed by atoms with Gasteiger partial charge in [-0.05, 0) is 51.8 Å². The zero-order valence-corrected chi connectivity index (χ0v) is 22.7. The Labute approximate surface area is 226 Å². The fourth-order valence-electron chi connectivity index (χ4n) is 4.96. The van der Waals surface area contributed by atoms with Gasteiger partial charge in [0.2, 0.25) is 10.0 Å². The van der Waals surface area contributed by atoms with Gasteiger partial charge >= 0.3 is 0 Å². The first kappa shape index (κ1) is 27.1. The van der Waals surface area contributed by atoms with Gasteiger partial charge in [0.05, 0.1) is 5.69 Å². The highest BCUT2D eigenvalue weighted by Gasteiger charge is 2.45. The molecule has 0 atom stereocenters. The summed E-state index contributed by atoms with van der Waals surface area (Å²) in [6.07, 6.45) is 2.32. The van der Waals surface area contributed by atoms with Gasteiger partial charge in [-0.15, -0.1) is 10.2 Å². The summed E-state index contributed by atoms with van der Waals surface area (Å²) >= 11 is 7.27. The molecule has 3 aromatic rings. The van der Waals surface area contributed by atoms with Crippen LogP contribution in [0.3, 0.4) is 0 Å². The number of carbonyl (C=O) groups is 1. The van der Waals surface area contributed by atoms with Crippen LogP contribution < -0.4 is 14.9 Å². The number of halogens is 3. The third-order valence-corrected chi connectivity index (χ3v) is 10.0. The van der Waals surface area contributed by atoms with Crippen LogP contribution in [0, 0.1) is 5.41 Å². The zero-order valence-electron chi connectivity index (χ0n) is 20.3. The maximum Gasteiger partial charge on any atom is 0.291 e. The number of hydrogen-bond acceptors (Lipinski definition) is 9. The molecule has 0 amide bonds. The summed E-state index contributed by atoms with van der Waals surface area (Å²) in [6, 6.07) is 1.64. The topological polar surface area (TPSA) is 142 Å². The summed E-state index contributed by atoms with van der Waals surface area (Å²) in [4.78, 5) is 14.9. The highest BCUT2D eigenvalue weighted by atomic mass is 35.5. The molecule has 0 radical (unpaired) electrons. The summed E-state index contributed by atoms with van der Waals surface area (Å²) in [5.74, 6) is 0.183. The van der Waals surface area contributed by atoms with E-state index in [1.54, 1.807) is 10.5 Å². The van der Waals surface area contributed by atoms with Crippen LogP contribution in [0.2, 0.25) is 5.15 Å². The maximum absolute atomic E-state index is 13.3. The molecule has 206 valence electrons. The Morgan fingerprint density at radius 1 is 1.24 bits per heavy atom. The van der Waals surface area contributed by atoms with E-state index >= 15 is 0 Å². The van der Waals surface area contributed by atoms with Gasteiger partial charge in [0.1, 0.15) is 10.4 Å². The quantitative estimate of drug-likeness (QED) is 0.370. The van der Waals surface area contributed by atoms with Crippen molar-refractivity contribution in [1.29, 1.82) is 0 Å². The summed E-state index contributed by atoms with van der Waals surface area (Å²) in [5, 5.41) is 17.6. The number of nitrogens with zero attached hydrogens (tertiary/aromatic N) is 5. The monoisotopic (exact) mass is 589 g/mol. The number of fused-ring (bicyclic) bond motifs is 1. The second-order valence-corrected chi connectivity index (χ2v) is 13.2. The number of imidazole rings is 1. The van der Waals surface area contributed by atoms with Gasteiger partial charge in [0, 0.05) is 30.2 Å². The van der Waals surface area contributed by atoms with E-state index in [1.807, 2.05) is 6.92 Å². The number of anilines is 1. The van der Waals surface area contributed by atoms with Gasteiger partial charge in [-0.25, -0.2) is 26.9 Å². The van der Waals surface area contributed by atoms with Gasteiger partial charge in [0.25, 0.3) is 12.9 Å². The number of piperidine rings is 1. The summed E-state index contributed by atoms with van der Waals surface area (Å²) in [7, 11) is -3.85. The Morgan fingerprint density at radius 3 is 2.47 bits per heavy atom. The Kier molecular flexibility index (Phi) is 7.09. The minimum absolute atomic E-state index is 0.0632. The molecular formula is C22H26ClF2N7O4S2. The average Bonchev–Trinajstić information content (AvgIpc) is 3.24.